The second kappa shape index (κ2) is 5.05. The molecule has 1 N–H and O–H groups in total. The van der Waals surface area contributed by atoms with E-state index in [1.807, 2.05) is 0 Å². The Morgan fingerprint density at radius 3 is 2.62 bits per heavy atom. The molecule has 0 aromatic carbocycles. The van der Waals surface area contributed by atoms with Crippen LogP contribution in [0.25, 0.3) is 0 Å². The van der Waals surface area contributed by atoms with Gasteiger partial charge >= 0.3 is 0 Å². The zero-order valence-corrected chi connectivity index (χ0v) is 11.1. The zero-order valence-electron chi connectivity index (χ0n) is 11.1. The van der Waals surface area contributed by atoms with Crippen molar-refractivity contribution in [3.05, 3.63) is 0 Å². The highest BCUT2D eigenvalue weighted by Gasteiger charge is 2.35. The molecule has 2 nitrogen and oxygen atoms in total. The van der Waals surface area contributed by atoms with Crippen molar-refractivity contribution in [2.24, 2.45) is 5.92 Å². The van der Waals surface area contributed by atoms with E-state index in [2.05, 4.69) is 26.1 Å². The summed E-state index contributed by atoms with van der Waals surface area (Å²) in [5.41, 5.74) is 0.0796. The molecule has 2 heteroatoms. The minimum Gasteiger partial charge on any atom is -0.375 e. The summed E-state index contributed by atoms with van der Waals surface area (Å²) < 4.78 is 5.77. The second-order valence-corrected chi connectivity index (χ2v) is 6.20. The molecule has 2 rings (SSSR count). The van der Waals surface area contributed by atoms with E-state index >= 15 is 0 Å². The van der Waals surface area contributed by atoms with Crippen LogP contribution in [0.5, 0.6) is 0 Å². The van der Waals surface area contributed by atoms with E-state index in [4.69, 9.17) is 4.74 Å². The smallest absolute Gasteiger partial charge is 0.0641 e. The van der Waals surface area contributed by atoms with E-state index in [1.54, 1.807) is 0 Å². The maximum absolute atomic E-state index is 5.77. The molecule has 1 saturated carbocycles. The fourth-order valence-electron chi connectivity index (χ4n) is 2.94. The summed E-state index contributed by atoms with van der Waals surface area (Å²) in [7, 11) is 0. The Kier molecular flexibility index (Phi) is 3.91. The Morgan fingerprint density at radius 1 is 1.31 bits per heavy atom. The van der Waals surface area contributed by atoms with Crippen molar-refractivity contribution >= 4 is 0 Å². The third-order valence-electron chi connectivity index (χ3n) is 3.94. The van der Waals surface area contributed by atoms with Gasteiger partial charge in [0.2, 0.25) is 0 Å². The predicted octanol–water partition coefficient (Wildman–Crippen LogP) is 3.11. The molecule has 0 aromatic heterocycles. The average molecular weight is 225 g/mol. The molecule has 2 atom stereocenters. The monoisotopic (exact) mass is 225 g/mol. The van der Waals surface area contributed by atoms with Crippen molar-refractivity contribution < 1.29 is 4.74 Å². The van der Waals surface area contributed by atoms with Gasteiger partial charge in [-0.25, -0.2) is 0 Å². The number of rotatable bonds is 5. The average Bonchev–Trinajstić information content (AvgIpc) is 2.98. The molecular weight excluding hydrogens is 198 g/mol. The van der Waals surface area contributed by atoms with Gasteiger partial charge in [-0.15, -0.1) is 0 Å². The Hall–Kier alpha value is -0.0800. The highest BCUT2D eigenvalue weighted by atomic mass is 16.5. The molecule has 2 fully saturated rings. The standard InChI is InChI=1S/C14H27NO/c1-4-5-13(11-6-7-11)15-12-8-9-16-14(2,3)10-12/h11-13,15H,4-10H2,1-3H3. The topological polar surface area (TPSA) is 21.3 Å². The number of ether oxygens (including phenoxy) is 1. The lowest BCUT2D eigenvalue weighted by Crippen LogP contribution is -2.48. The number of nitrogens with one attached hydrogen (secondary N) is 1. The Labute approximate surface area is 100 Å². The van der Waals surface area contributed by atoms with Gasteiger partial charge in [0.05, 0.1) is 5.60 Å². The molecule has 0 amide bonds. The van der Waals surface area contributed by atoms with Crippen molar-refractivity contribution in [2.45, 2.75) is 77.0 Å². The van der Waals surface area contributed by atoms with Crippen LogP contribution in [0.1, 0.15) is 59.3 Å². The van der Waals surface area contributed by atoms with Crippen LogP contribution in [0.4, 0.5) is 0 Å². The number of hydrogen-bond acceptors (Lipinski definition) is 2. The van der Waals surface area contributed by atoms with Gasteiger partial charge in [0.1, 0.15) is 0 Å². The van der Waals surface area contributed by atoms with Gasteiger partial charge in [-0.1, -0.05) is 13.3 Å². The maximum atomic E-state index is 5.77. The molecule has 0 bridgehead atoms. The lowest BCUT2D eigenvalue weighted by atomic mass is 9.92. The van der Waals surface area contributed by atoms with Crippen molar-refractivity contribution in [3.63, 3.8) is 0 Å². The summed E-state index contributed by atoms with van der Waals surface area (Å²) in [4.78, 5) is 0. The fourth-order valence-corrected chi connectivity index (χ4v) is 2.94. The predicted molar refractivity (Wildman–Crippen MR) is 67.6 cm³/mol. The molecule has 1 saturated heterocycles. The Bertz CT molecular complexity index is 223. The van der Waals surface area contributed by atoms with Gasteiger partial charge in [0.25, 0.3) is 0 Å². The van der Waals surface area contributed by atoms with Crippen LogP contribution in [0.15, 0.2) is 0 Å². The minimum absolute atomic E-state index is 0.0796. The highest BCUT2D eigenvalue weighted by molar-refractivity contribution is 4.91. The highest BCUT2D eigenvalue weighted by Crippen LogP contribution is 2.35. The van der Waals surface area contributed by atoms with Crippen LogP contribution in [-0.4, -0.2) is 24.3 Å². The largest absolute Gasteiger partial charge is 0.375 e. The molecule has 0 spiro atoms. The summed E-state index contributed by atoms with van der Waals surface area (Å²) in [6.07, 6.45) is 7.91. The van der Waals surface area contributed by atoms with Gasteiger partial charge in [-0.05, 0) is 51.9 Å². The van der Waals surface area contributed by atoms with Crippen molar-refractivity contribution in [1.29, 1.82) is 0 Å². The summed E-state index contributed by atoms with van der Waals surface area (Å²) >= 11 is 0. The molecule has 0 radical (unpaired) electrons. The maximum Gasteiger partial charge on any atom is 0.0641 e. The first-order chi connectivity index (χ1) is 7.61. The summed E-state index contributed by atoms with van der Waals surface area (Å²) in [5, 5.41) is 3.89. The van der Waals surface area contributed by atoms with Crippen LogP contribution >= 0.6 is 0 Å². The first kappa shape index (κ1) is 12.4. The van der Waals surface area contributed by atoms with Crippen LogP contribution in [0, 0.1) is 5.92 Å². The molecule has 94 valence electrons. The first-order valence-corrected chi connectivity index (χ1v) is 7.01. The van der Waals surface area contributed by atoms with E-state index in [0.717, 1.165) is 18.6 Å². The van der Waals surface area contributed by atoms with Crippen LogP contribution in [-0.2, 0) is 4.74 Å². The molecule has 16 heavy (non-hydrogen) atoms. The Morgan fingerprint density at radius 2 is 2.06 bits per heavy atom. The normalized spacial score (nSPS) is 31.3. The van der Waals surface area contributed by atoms with Crippen LogP contribution in [0.2, 0.25) is 0 Å². The molecule has 2 unspecified atom stereocenters. The van der Waals surface area contributed by atoms with Crippen molar-refractivity contribution in [1.82, 2.24) is 5.32 Å². The molecular formula is C14H27NO. The van der Waals surface area contributed by atoms with Crippen LogP contribution < -0.4 is 5.32 Å². The quantitative estimate of drug-likeness (QED) is 0.776. The van der Waals surface area contributed by atoms with E-state index < -0.39 is 0 Å². The van der Waals surface area contributed by atoms with Crippen LogP contribution in [0.3, 0.4) is 0 Å². The van der Waals surface area contributed by atoms with Gasteiger partial charge < -0.3 is 10.1 Å². The van der Waals surface area contributed by atoms with Gasteiger partial charge in [-0.3, -0.25) is 0 Å². The van der Waals surface area contributed by atoms with E-state index in [-0.39, 0.29) is 5.60 Å². The lowest BCUT2D eigenvalue weighted by Gasteiger charge is -2.37. The third-order valence-corrected chi connectivity index (χ3v) is 3.94. The summed E-state index contributed by atoms with van der Waals surface area (Å²) in [6.45, 7) is 7.65. The first-order valence-electron chi connectivity index (χ1n) is 7.01. The molecule has 2 aliphatic rings. The SMILES string of the molecule is CCCC(NC1CCOC(C)(C)C1)C1CC1. The van der Waals surface area contributed by atoms with Gasteiger partial charge in [-0.2, -0.15) is 0 Å². The number of hydrogen-bond donors (Lipinski definition) is 1. The lowest BCUT2D eigenvalue weighted by molar-refractivity contribution is -0.0645. The van der Waals surface area contributed by atoms with Gasteiger partial charge in [0, 0.05) is 18.7 Å². The van der Waals surface area contributed by atoms with Gasteiger partial charge in [0.15, 0.2) is 0 Å². The molecule has 1 aliphatic carbocycles. The summed E-state index contributed by atoms with van der Waals surface area (Å²) in [6, 6.07) is 1.46. The van der Waals surface area contributed by atoms with Crippen molar-refractivity contribution in [2.75, 3.05) is 6.61 Å². The van der Waals surface area contributed by atoms with Crippen molar-refractivity contribution in [3.8, 4) is 0 Å². The minimum atomic E-state index is 0.0796. The van der Waals surface area contributed by atoms with E-state index in [0.29, 0.717) is 6.04 Å². The fraction of sp³-hybridized carbons (Fsp3) is 1.00. The second-order valence-electron chi connectivity index (χ2n) is 6.20. The molecule has 1 aliphatic heterocycles. The zero-order chi connectivity index (χ0) is 11.6. The third kappa shape index (κ3) is 3.46. The molecule has 1 heterocycles. The Balaban J connectivity index is 1.82. The molecule has 0 aromatic rings. The summed E-state index contributed by atoms with van der Waals surface area (Å²) in [5.74, 6) is 0.978. The van der Waals surface area contributed by atoms with E-state index in [1.165, 1.54) is 38.5 Å². The van der Waals surface area contributed by atoms with E-state index in [9.17, 15) is 0 Å².